The Balaban J connectivity index is 2.07. The standard InChI is InChI=1S/C13H24N2O/c1-9-3-4-10(2)13(7-9,12(14)16)15-8-11-5-6-11/h9-11,15H,3-8H2,1-2H3,(H2,14,16). The molecule has 16 heavy (non-hydrogen) atoms. The van der Waals surface area contributed by atoms with Gasteiger partial charge in [0.05, 0.1) is 0 Å². The lowest BCUT2D eigenvalue weighted by molar-refractivity contribution is -0.128. The van der Waals surface area contributed by atoms with Gasteiger partial charge in [-0.15, -0.1) is 0 Å². The van der Waals surface area contributed by atoms with Crippen LogP contribution in [0.15, 0.2) is 0 Å². The quantitative estimate of drug-likeness (QED) is 0.763. The predicted octanol–water partition coefficient (Wildman–Crippen LogP) is 1.67. The molecule has 2 fully saturated rings. The molecule has 0 spiro atoms. The highest BCUT2D eigenvalue weighted by atomic mass is 16.1. The van der Waals surface area contributed by atoms with Crippen molar-refractivity contribution in [3.63, 3.8) is 0 Å². The summed E-state index contributed by atoms with van der Waals surface area (Å²) in [5.41, 5.74) is 5.23. The molecular weight excluding hydrogens is 200 g/mol. The Morgan fingerprint density at radius 3 is 2.56 bits per heavy atom. The summed E-state index contributed by atoms with van der Waals surface area (Å²) in [6.07, 6.45) is 5.87. The van der Waals surface area contributed by atoms with Crippen molar-refractivity contribution >= 4 is 5.91 Å². The normalized spacial score (nSPS) is 39.6. The SMILES string of the molecule is CC1CCC(C)C(NCC2CC2)(C(N)=O)C1. The molecule has 1 amide bonds. The molecule has 2 aliphatic carbocycles. The van der Waals surface area contributed by atoms with Crippen molar-refractivity contribution in [3.05, 3.63) is 0 Å². The van der Waals surface area contributed by atoms with Crippen LogP contribution in [0.4, 0.5) is 0 Å². The number of nitrogens with two attached hydrogens (primary N) is 1. The molecule has 0 aromatic carbocycles. The van der Waals surface area contributed by atoms with Gasteiger partial charge in [0.1, 0.15) is 5.54 Å². The summed E-state index contributed by atoms with van der Waals surface area (Å²) in [6.45, 7) is 5.36. The van der Waals surface area contributed by atoms with E-state index < -0.39 is 5.54 Å². The molecule has 0 aliphatic heterocycles. The third-order valence-corrected chi connectivity index (χ3v) is 4.45. The van der Waals surface area contributed by atoms with Crippen LogP contribution in [-0.4, -0.2) is 18.0 Å². The molecule has 3 nitrogen and oxygen atoms in total. The van der Waals surface area contributed by atoms with Crippen molar-refractivity contribution in [3.8, 4) is 0 Å². The first-order valence-electron chi connectivity index (χ1n) is 6.59. The highest BCUT2D eigenvalue weighted by molar-refractivity contribution is 5.85. The van der Waals surface area contributed by atoms with E-state index in [9.17, 15) is 4.79 Å². The van der Waals surface area contributed by atoms with Gasteiger partial charge in [-0.2, -0.15) is 0 Å². The molecule has 0 aromatic heterocycles. The fraction of sp³-hybridized carbons (Fsp3) is 0.923. The summed E-state index contributed by atoms with van der Waals surface area (Å²) < 4.78 is 0. The first-order chi connectivity index (χ1) is 7.54. The number of amides is 1. The van der Waals surface area contributed by atoms with Crippen molar-refractivity contribution in [1.29, 1.82) is 0 Å². The van der Waals surface area contributed by atoms with E-state index in [1.807, 2.05) is 0 Å². The van der Waals surface area contributed by atoms with E-state index >= 15 is 0 Å². The third-order valence-electron chi connectivity index (χ3n) is 4.45. The highest BCUT2D eigenvalue weighted by Gasteiger charge is 2.45. The Bertz CT molecular complexity index is 275. The zero-order valence-corrected chi connectivity index (χ0v) is 10.5. The van der Waals surface area contributed by atoms with Gasteiger partial charge in [0, 0.05) is 0 Å². The fourth-order valence-corrected chi connectivity index (χ4v) is 2.96. The molecule has 92 valence electrons. The number of primary amides is 1. The van der Waals surface area contributed by atoms with Crippen molar-refractivity contribution in [2.75, 3.05) is 6.54 Å². The highest BCUT2D eigenvalue weighted by Crippen LogP contribution is 2.38. The molecule has 2 saturated carbocycles. The zero-order chi connectivity index (χ0) is 11.8. The second-order valence-corrected chi connectivity index (χ2v) is 5.95. The van der Waals surface area contributed by atoms with Crippen LogP contribution in [-0.2, 0) is 4.79 Å². The molecule has 0 bridgehead atoms. The number of hydrogen-bond donors (Lipinski definition) is 2. The topological polar surface area (TPSA) is 55.1 Å². The number of rotatable bonds is 4. The maximum Gasteiger partial charge on any atom is 0.238 e. The van der Waals surface area contributed by atoms with Crippen LogP contribution >= 0.6 is 0 Å². The average molecular weight is 224 g/mol. The molecule has 0 radical (unpaired) electrons. The Morgan fingerprint density at radius 1 is 1.31 bits per heavy atom. The lowest BCUT2D eigenvalue weighted by Crippen LogP contribution is -2.62. The minimum absolute atomic E-state index is 0.146. The van der Waals surface area contributed by atoms with Gasteiger partial charge in [-0.3, -0.25) is 4.79 Å². The minimum Gasteiger partial charge on any atom is -0.368 e. The van der Waals surface area contributed by atoms with Crippen molar-refractivity contribution in [2.24, 2.45) is 23.5 Å². The third kappa shape index (κ3) is 2.24. The van der Waals surface area contributed by atoms with E-state index in [1.165, 1.54) is 19.3 Å². The molecule has 3 heteroatoms. The summed E-state index contributed by atoms with van der Waals surface area (Å²) in [7, 11) is 0. The first-order valence-corrected chi connectivity index (χ1v) is 6.59. The Kier molecular flexibility index (Phi) is 3.24. The van der Waals surface area contributed by atoms with Crippen LogP contribution in [0.25, 0.3) is 0 Å². The van der Waals surface area contributed by atoms with E-state index in [0.29, 0.717) is 11.8 Å². The van der Waals surface area contributed by atoms with Gasteiger partial charge in [-0.25, -0.2) is 0 Å². The largest absolute Gasteiger partial charge is 0.368 e. The van der Waals surface area contributed by atoms with Crippen LogP contribution in [0.2, 0.25) is 0 Å². The molecule has 3 atom stereocenters. The van der Waals surface area contributed by atoms with Crippen LogP contribution < -0.4 is 11.1 Å². The molecular formula is C13H24N2O. The molecule has 3 unspecified atom stereocenters. The average Bonchev–Trinajstić information content (AvgIpc) is 3.03. The Hall–Kier alpha value is -0.570. The maximum absolute atomic E-state index is 11.8. The van der Waals surface area contributed by atoms with Gasteiger partial charge in [0.15, 0.2) is 0 Å². The van der Waals surface area contributed by atoms with Crippen LogP contribution in [0, 0.1) is 17.8 Å². The van der Waals surface area contributed by atoms with Gasteiger partial charge in [0.25, 0.3) is 0 Å². The Morgan fingerprint density at radius 2 is 2.00 bits per heavy atom. The van der Waals surface area contributed by atoms with E-state index in [2.05, 4.69) is 19.2 Å². The summed E-state index contributed by atoms with van der Waals surface area (Å²) in [4.78, 5) is 11.8. The van der Waals surface area contributed by atoms with Crippen molar-refractivity contribution in [2.45, 2.75) is 51.5 Å². The van der Waals surface area contributed by atoms with Crippen LogP contribution in [0.3, 0.4) is 0 Å². The summed E-state index contributed by atoms with van der Waals surface area (Å²) in [5.74, 6) is 1.63. The number of hydrogen-bond acceptors (Lipinski definition) is 2. The predicted molar refractivity (Wildman–Crippen MR) is 64.8 cm³/mol. The lowest BCUT2D eigenvalue weighted by atomic mass is 9.69. The van der Waals surface area contributed by atoms with E-state index in [4.69, 9.17) is 5.73 Å². The first kappa shape index (κ1) is 11.9. The second kappa shape index (κ2) is 4.36. The molecule has 2 rings (SSSR count). The monoisotopic (exact) mass is 224 g/mol. The molecule has 0 saturated heterocycles. The zero-order valence-electron chi connectivity index (χ0n) is 10.5. The number of carbonyl (C=O) groups is 1. The Labute approximate surface area is 98.2 Å². The molecule has 3 N–H and O–H groups in total. The summed E-state index contributed by atoms with van der Waals surface area (Å²) in [5, 5.41) is 3.50. The van der Waals surface area contributed by atoms with E-state index in [-0.39, 0.29) is 5.91 Å². The van der Waals surface area contributed by atoms with Gasteiger partial charge in [-0.1, -0.05) is 20.3 Å². The number of carbonyl (C=O) groups excluding carboxylic acids is 1. The smallest absolute Gasteiger partial charge is 0.238 e. The van der Waals surface area contributed by atoms with Gasteiger partial charge in [-0.05, 0) is 50.0 Å². The molecule has 2 aliphatic rings. The van der Waals surface area contributed by atoms with Gasteiger partial charge in [0.2, 0.25) is 5.91 Å². The lowest BCUT2D eigenvalue weighted by Gasteiger charge is -2.43. The fourth-order valence-electron chi connectivity index (χ4n) is 2.96. The van der Waals surface area contributed by atoms with Gasteiger partial charge < -0.3 is 11.1 Å². The minimum atomic E-state index is -0.430. The summed E-state index contributed by atoms with van der Waals surface area (Å²) in [6, 6.07) is 0. The van der Waals surface area contributed by atoms with Crippen LogP contribution in [0.5, 0.6) is 0 Å². The van der Waals surface area contributed by atoms with E-state index in [0.717, 1.165) is 25.3 Å². The molecule has 0 aromatic rings. The summed E-state index contributed by atoms with van der Waals surface area (Å²) >= 11 is 0. The van der Waals surface area contributed by atoms with Gasteiger partial charge >= 0.3 is 0 Å². The molecule has 0 heterocycles. The van der Waals surface area contributed by atoms with Crippen molar-refractivity contribution < 1.29 is 4.79 Å². The maximum atomic E-state index is 11.8. The van der Waals surface area contributed by atoms with E-state index in [1.54, 1.807) is 0 Å². The van der Waals surface area contributed by atoms with Crippen LogP contribution in [0.1, 0.15) is 46.0 Å². The second-order valence-electron chi connectivity index (χ2n) is 5.95. The number of nitrogens with one attached hydrogen (secondary N) is 1. The van der Waals surface area contributed by atoms with Crippen molar-refractivity contribution in [1.82, 2.24) is 5.32 Å².